The molecule has 1 atom stereocenters. The lowest BCUT2D eigenvalue weighted by Crippen LogP contribution is -2.29. The molecule has 10 aromatic rings. The zero-order chi connectivity index (χ0) is 57.6. The number of hydrogen-bond acceptors (Lipinski definition) is 13. The molecule has 6 aromatic carbocycles. The molecule has 0 radical (unpaired) electrons. The van der Waals surface area contributed by atoms with E-state index in [0.717, 1.165) is 0 Å². The fourth-order valence-electron chi connectivity index (χ4n) is 9.31. The van der Waals surface area contributed by atoms with Crippen molar-refractivity contribution in [2.45, 2.75) is 47.3 Å². The van der Waals surface area contributed by atoms with Gasteiger partial charge in [-0.1, -0.05) is 32.9 Å². The number of benzene rings is 6. The Balaban J connectivity index is 0.823. The van der Waals surface area contributed by atoms with E-state index in [4.69, 9.17) is 22.7 Å². The third-order valence-electron chi connectivity index (χ3n) is 13.4. The van der Waals surface area contributed by atoms with Crippen molar-refractivity contribution >= 4 is 45.6 Å². The highest BCUT2D eigenvalue weighted by molar-refractivity contribution is 6.13. The van der Waals surface area contributed by atoms with Crippen molar-refractivity contribution in [3.05, 3.63) is 179 Å². The molecule has 0 aliphatic heterocycles. The van der Waals surface area contributed by atoms with E-state index >= 15 is 0 Å². The molecule has 0 aliphatic rings. The average molecular weight is 1110 g/mol. The number of amides is 4. The molecule has 0 bridgehead atoms. The van der Waals surface area contributed by atoms with Crippen LogP contribution in [0.3, 0.4) is 0 Å². The summed E-state index contributed by atoms with van der Waals surface area (Å²) in [6.07, 6.45) is 2.05. The third-order valence-corrected chi connectivity index (χ3v) is 13.4. The van der Waals surface area contributed by atoms with Crippen molar-refractivity contribution in [2.24, 2.45) is 11.8 Å². The van der Waals surface area contributed by atoms with E-state index in [-0.39, 0.29) is 72.1 Å². The highest BCUT2D eigenvalue weighted by Crippen LogP contribution is 2.39. The number of hydrogen-bond donors (Lipinski definition) is 4. The Bertz CT molecular complexity index is 4000. The van der Waals surface area contributed by atoms with Crippen LogP contribution >= 0.6 is 0 Å². The highest BCUT2D eigenvalue weighted by Gasteiger charge is 2.25. The van der Waals surface area contributed by atoms with Crippen LogP contribution in [0, 0.1) is 30.4 Å². The Morgan fingerprint density at radius 3 is 1.60 bits per heavy atom. The number of furan rings is 2. The highest BCUT2D eigenvalue weighted by atomic mass is 19.1. The number of halogens is 2. The summed E-state index contributed by atoms with van der Waals surface area (Å²) < 4.78 is 59.7. The summed E-state index contributed by atoms with van der Waals surface area (Å²) in [5.41, 5.74) is 5.80. The molecule has 0 spiro atoms. The Morgan fingerprint density at radius 1 is 0.585 bits per heavy atom. The molecule has 1 unspecified atom stereocenters. The minimum Gasteiger partial charge on any atom is -0.492 e. The molecule has 4 aromatic heterocycles. The SMILES string of the molecule is CNC(=O)c1c(-c2ccc(F)cc2)oc2ccc(-c3cc(OCCn4cnc(CC(C)CNC(=O)c5cc(OCc6nnc(C)o6)cc(-c6ccc7oc(-c8ccc(F)cc8)c(C(=O)NC)c7c6)c5)n4)cc(C(=O)NCC(C)C)c3)cc12. The van der Waals surface area contributed by atoms with Gasteiger partial charge in [-0.15, -0.1) is 10.2 Å². The number of rotatable bonds is 21. The molecule has 0 aliphatic carbocycles. The number of ether oxygens (including phenoxy) is 2. The summed E-state index contributed by atoms with van der Waals surface area (Å²) in [4.78, 5) is 58.8. The number of carbonyl (C=O) groups is 4. The first kappa shape index (κ1) is 55.3. The predicted octanol–water partition coefficient (Wildman–Crippen LogP) is 10.8. The van der Waals surface area contributed by atoms with Crippen LogP contribution in [-0.2, 0) is 19.6 Å². The molecule has 82 heavy (non-hydrogen) atoms. The first-order valence-corrected chi connectivity index (χ1v) is 26.5. The lowest BCUT2D eigenvalue weighted by Gasteiger charge is -2.14. The topological polar surface area (TPSA) is 231 Å². The number of aryl methyl sites for hydroxylation is 1. The maximum atomic E-state index is 14.0. The second kappa shape index (κ2) is 24.2. The molecule has 4 N–H and O–H groups in total. The zero-order valence-corrected chi connectivity index (χ0v) is 45.7. The molecule has 0 fully saturated rings. The van der Waals surface area contributed by atoms with Crippen LogP contribution < -0.4 is 30.7 Å². The Kier molecular flexibility index (Phi) is 16.3. The fraction of sp³-hybridized carbons (Fsp3) is 0.226. The number of aromatic nitrogens is 5. The standard InChI is InChI=1S/C62H57F2N9O9/c1-34(2)30-67-59(74)43-22-41(39-11-17-51-49(28-39)55(61(76)65-5)57(81-51)37-7-13-45(63)14-8-37)24-47(26-43)78-20-19-73-33-69-53(72-73)21-35(3)31-68-60(75)44-23-42(25-48(27-44)79-32-54-71-70-36(4)80-54)40-12-18-52-50(29-40)56(62(77)66-6)58(82-52)38-9-15-46(64)16-10-38/h7-18,22-29,33-35H,19-21,30-32H2,1-6H3,(H,65,76)(H,66,77)(H,67,74)(H,68,75). The van der Waals surface area contributed by atoms with Gasteiger partial charge in [-0.2, -0.15) is 5.10 Å². The number of nitrogens with zero attached hydrogens (tertiary/aromatic N) is 5. The molecule has 0 saturated carbocycles. The van der Waals surface area contributed by atoms with Crippen LogP contribution in [0.2, 0.25) is 0 Å². The van der Waals surface area contributed by atoms with E-state index in [1.807, 2.05) is 45.0 Å². The van der Waals surface area contributed by atoms with Gasteiger partial charge >= 0.3 is 0 Å². The Morgan fingerprint density at radius 2 is 1.10 bits per heavy atom. The zero-order valence-electron chi connectivity index (χ0n) is 45.7. The minimum absolute atomic E-state index is 0.0566. The van der Waals surface area contributed by atoms with Gasteiger partial charge in [-0.3, -0.25) is 19.2 Å². The van der Waals surface area contributed by atoms with Crippen molar-refractivity contribution in [1.82, 2.24) is 46.2 Å². The van der Waals surface area contributed by atoms with Crippen molar-refractivity contribution < 1.29 is 50.7 Å². The maximum absolute atomic E-state index is 14.0. The molecule has 0 saturated heterocycles. The van der Waals surface area contributed by atoms with Crippen molar-refractivity contribution in [2.75, 3.05) is 33.8 Å². The summed E-state index contributed by atoms with van der Waals surface area (Å²) in [7, 11) is 3.04. The lowest BCUT2D eigenvalue weighted by molar-refractivity contribution is 0.0940. The van der Waals surface area contributed by atoms with Gasteiger partial charge in [0.05, 0.1) is 17.7 Å². The minimum atomic E-state index is -0.426. The van der Waals surface area contributed by atoms with Gasteiger partial charge in [0.2, 0.25) is 5.89 Å². The Labute approximate surface area is 469 Å². The quantitative estimate of drug-likeness (QED) is 0.0525. The molecular formula is C62H57F2N9O9. The first-order valence-electron chi connectivity index (χ1n) is 26.5. The number of fused-ring (bicyclic) bond motifs is 2. The van der Waals surface area contributed by atoms with E-state index in [0.29, 0.717) is 115 Å². The number of nitrogens with one attached hydrogen (secondary N) is 4. The van der Waals surface area contributed by atoms with Gasteiger partial charge in [0.1, 0.15) is 58.8 Å². The normalized spacial score (nSPS) is 11.7. The molecule has 18 nitrogen and oxygen atoms in total. The van der Waals surface area contributed by atoms with E-state index in [1.54, 1.807) is 90.7 Å². The van der Waals surface area contributed by atoms with E-state index in [9.17, 15) is 28.0 Å². The molecule has 20 heteroatoms. The van der Waals surface area contributed by atoms with Gasteiger partial charge in [0.25, 0.3) is 29.5 Å². The summed E-state index contributed by atoms with van der Waals surface area (Å²) in [6.45, 7) is 8.85. The van der Waals surface area contributed by atoms with E-state index in [1.165, 1.54) is 38.4 Å². The van der Waals surface area contributed by atoms with Crippen LogP contribution in [0.1, 0.15) is 79.8 Å². The van der Waals surface area contributed by atoms with Crippen LogP contribution in [0.25, 0.3) is 66.8 Å². The predicted molar refractivity (Wildman–Crippen MR) is 302 cm³/mol. The number of carbonyl (C=O) groups excluding carboxylic acids is 4. The van der Waals surface area contributed by atoms with Gasteiger partial charge in [-0.05, 0) is 143 Å². The van der Waals surface area contributed by atoms with Gasteiger partial charge < -0.3 is 44.0 Å². The summed E-state index contributed by atoms with van der Waals surface area (Å²) in [5.74, 6) is 0.401. The fourth-order valence-corrected chi connectivity index (χ4v) is 9.31. The monoisotopic (exact) mass is 1110 g/mol. The van der Waals surface area contributed by atoms with Crippen LogP contribution in [-0.4, -0.2) is 82.4 Å². The molecule has 4 heterocycles. The van der Waals surface area contributed by atoms with Crippen molar-refractivity contribution in [3.8, 4) is 56.4 Å². The second-order valence-corrected chi connectivity index (χ2v) is 20.1. The second-order valence-electron chi connectivity index (χ2n) is 20.1. The largest absolute Gasteiger partial charge is 0.492 e. The Hall–Kier alpha value is -9.98. The molecular weight excluding hydrogens is 1050 g/mol. The van der Waals surface area contributed by atoms with Gasteiger partial charge in [0, 0.05) is 73.6 Å². The lowest BCUT2D eigenvalue weighted by atomic mass is 9.98. The van der Waals surface area contributed by atoms with Crippen molar-refractivity contribution in [1.29, 1.82) is 0 Å². The average Bonchev–Trinajstić information content (AvgIpc) is 4.39. The van der Waals surface area contributed by atoms with Crippen LogP contribution in [0.4, 0.5) is 8.78 Å². The van der Waals surface area contributed by atoms with E-state index in [2.05, 4.69) is 41.5 Å². The van der Waals surface area contributed by atoms with Crippen LogP contribution in [0.5, 0.6) is 11.5 Å². The first-order chi connectivity index (χ1) is 39.6. The molecule has 418 valence electrons. The molecule has 4 amide bonds. The molecule has 10 rings (SSSR count). The van der Waals surface area contributed by atoms with Gasteiger partial charge in [-0.25, -0.2) is 18.4 Å². The van der Waals surface area contributed by atoms with Gasteiger partial charge in [0.15, 0.2) is 12.4 Å². The summed E-state index contributed by atoms with van der Waals surface area (Å²) in [5, 5.41) is 25.0. The third kappa shape index (κ3) is 12.6. The summed E-state index contributed by atoms with van der Waals surface area (Å²) >= 11 is 0. The van der Waals surface area contributed by atoms with Crippen LogP contribution in [0.15, 0.2) is 141 Å². The maximum Gasteiger partial charge on any atom is 0.255 e. The summed E-state index contributed by atoms with van der Waals surface area (Å²) in [6, 6.07) is 32.5. The van der Waals surface area contributed by atoms with Crippen molar-refractivity contribution in [3.63, 3.8) is 0 Å². The van der Waals surface area contributed by atoms with E-state index < -0.39 is 17.5 Å². The smallest absolute Gasteiger partial charge is 0.255 e.